The van der Waals surface area contributed by atoms with Gasteiger partial charge in [0.25, 0.3) is 0 Å². The normalized spacial score (nSPS) is 9.65. The van der Waals surface area contributed by atoms with E-state index in [0.29, 0.717) is 16.9 Å². The van der Waals surface area contributed by atoms with Gasteiger partial charge in [0.05, 0.1) is 18.4 Å². The Hall–Kier alpha value is -2.91. The molecular weight excluding hydrogens is 258 g/mol. The zero-order valence-corrected chi connectivity index (χ0v) is 10.7. The molecule has 20 heavy (non-hydrogen) atoms. The number of aromatic carboxylic acids is 1. The van der Waals surface area contributed by atoms with Crippen LogP contribution >= 0.6 is 0 Å². The van der Waals surface area contributed by atoms with Gasteiger partial charge in [-0.05, 0) is 29.8 Å². The number of benzene rings is 2. The van der Waals surface area contributed by atoms with Crippen molar-refractivity contribution in [3.05, 3.63) is 48.0 Å². The standard InChI is InChI=1S/C15H11NO4/c1-20-11-7-5-10(6-8-11)14-12(15(18)19)3-2-4-13(14)16-9-17/h2-8H,1H3,(H,18,19). The van der Waals surface area contributed by atoms with Crippen LogP contribution in [0.2, 0.25) is 0 Å². The lowest BCUT2D eigenvalue weighted by molar-refractivity contribution is 0.0697. The Morgan fingerprint density at radius 2 is 1.90 bits per heavy atom. The quantitative estimate of drug-likeness (QED) is 0.683. The van der Waals surface area contributed by atoms with Gasteiger partial charge < -0.3 is 9.84 Å². The van der Waals surface area contributed by atoms with Gasteiger partial charge in [0, 0.05) is 5.56 Å². The second-order valence-corrected chi connectivity index (χ2v) is 3.94. The summed E-state index contributed by atoms with van der Waals surface area (Å²) in [4.78, 5) is 25.4. The van der Waals surface area contributed by atoms with E-state index in [1.54, 1.807) is 37.4 Å². The van der Waals surface area contributed by atoms with E-state index in [0.717, 1.165) is 0 Å². The molecule has 0 saturated heterocycles. The van der Waals surface area contributed by atoms with Crippen LogP contribution in [0.25, 0.3) is 11.1 Å². The van der Waals surface area contributed by atoms with Crippen molar-refractivity contribution in [2.45, 2.75) is 0 Å². The van der Waals surface area contributed by atoms with Gasteiger partial charge in [-0.15, -0.1) is 0 Å². The van der Waals surface area contributed by atoms with Gasteiger partial charge in [-0.1, -0.05) is 18.2 Å². The largest absolute Gasteiger partial charge is 0.497 e. The fourth-order valence-corrected chi connectivity index (χ4v) is 1.92. The van der Waals surface area contributed by atoms with Crippen LogP contribution in [0.5, 0.6) is 5.75 Å². The minimum atomic E-state index is -1.08. The summed E-state index contributed by atoms with van der Waals surface area (Å²) < 4.78 is 5.06. The molecule has 2 aromatic carbocycles. The van der Waals surface area contributed by atoms with Crippen LogP contribution < -0.4 is 4.74 Å². The molecule has 0 fully saturated rings. The first-order chi connectivity index (χ1) is 9.67. The smallest absolute Gasteiger partial charge is 0.336 e. The number of nitrogens with zero attached hydrogens (tertiary/aromatic N) is 1. The van der Waals surface area contributed by atoms with Crippen molar-refractivity contribution < 1.29 is 19.4 Å². The summed E-state index contributed by atoms with van der Waals surface area (Å²) in [7, 11) is 1.54. The summed E-state index contributed by atoms with van der Waals surface area (Å²) in [6.45, 7) is 0. The first kappa shape index (κ1) is 13.5. The summed E-state index contributed by atoms with van der Waals surface area (Å²) in [5.41, 5.74) is 1.36. The number of methoxy groups -OCH3 is 1. The second kappa shape index (κ2) is 5.82. The lowest BCUT2D eigenvalue weighted by Gasteiger charge is -2.09. The number of carboxylic acids is 1. The number of carbonyl (C=O) groups excluding carboxylic acids is 1. The van der Waals surface area contributed by atoms with Crippen molar-refractivity contribution in [2.24, 2.45) is 4.99 Å². The van der Waals surface area contributed by atoms with E-state index in [2.05, 4.69) is 4.99 Å². The molecule has 0 unspecified atom stereocenters. The molecule has 5 nitrogen and oxygen atoms in total. The van der Waals surface area contributed by atoms with Gasteiger partial charge in [-0.25, -0.2) is 9.59 Å². The number of isocyanates is 1. The Morgan fingerprint density at radius 3 is 2.45 bits per heavy atom. The van der Waals surface area contributed by atoms with Crippen molar-refractivity contribution in [2.75, 3.05) is 7.11 Å². The minimum absolute atomic E-state index is 0.0756. The molecule has 0 radical (unpaired) electrons. The number of hydrogen-bond donors (Lipinski definition) is 1. The number of hydrogen-bond acceptors (Lipinski definition) is 4. The van der Waals surface area contributed by atoms with Crippen LogP contribution in [-0.4, -0.2) is 24.3 Å². The molecule has 2 rings (SSSR count). The van der Waals surface area contributed by atoms with Crippen LogP contribution in [-0.2, 0) is 4.79 Å². The molecule has 0 bridgehead atoms. The van der Waals surface area contributed by atoms with Gasteiger partial charge in [-0.2, -0.15) is 4.99 Å². The average Bonchev–Trinajstić information content (AvgIpc) is 2.47. The maximum atomic E-state index is 11.3. The first-order valence-electron chi connectivity index (χ1n) is 5.76. The van der Waals surface area contributed by atoms with E-state index in [-0.39, 0.29) is 11.3 Å². The van der Waals surface area contributed by atoms with Crippen molar-refractivity contribution in [3.8, 4) is 16.9 Å². The second-order valence-electron chi connectivity index (χ2n) is 3.94. The van der Waals surface area contributed by atoms with Gasteiger partial charge in [0.1, 0.15) is 5.75 Å². The number of carboxylic acid groups (broad SMARTS) is 1. The Bertz CT molecular complexity index is 665. The van der Waals surface area contributed by atoms with E-state index in [4.69, 9.17) is 4.74 Å². The molecular formula is C15H11NO4. The molecule has 0 aromatic heterocycles. The first-order valence-corrected chi connectivity index (χ1v) is 5.76. The molecule has 0 saturated carbocycles. The lowest BCUT2D eigenvalue weighted by Crippen LogP contribution is -1.99. The highest BCUT2D eigenvalue weighted by atomic mass is 16.5. The minimum Gasteiger partial charge on any atom is -0.497 e. The average molecular weight is 269 g/mol. The Morgan fingerprint density at radius 1 is 1.20 bits per heavy atom. The fraction of sp³-hybridized carbons (Fsp3) is 0.0667. The molecule has 0 aliphatic rings. The van der Waals surface area contributed by atoms with E-state index < -0.39 is 5.97 Å². The van der Waals surface area contributed by atoms with Crippen molar-refractivity contribution in [3.63, 3.8) is 0 Å². The van der Waals surface area contributed by atoms with Gasteiger partial charge in [-0.3, -0.25) is 0 Å². The number of aliphatic imine (C=N–C) groups is 1. The maximum Gasteiger partial charge on any atom is 0.336 e. The summed E-state index contributed by atoms with van der Waals surface area (Å²) >= 11 is 0. The van der Waals surface area contributed by atoms with E-state index >= 15 is 0 Å². The maximum absolute atomic E-state index is 11.3. The zero-order chi connectivity index (χ0) is 14.5. The molecule has 0 amide bonds. The third-order valence-corrected chi connectivity index (χ3v) is 2.82. The predicted molar refractivity (Wildman–Crippen MR) is 73.2 cm³/mol. The fourth-order valence-electron chi connectivity index (χ4n) is 1.92. The summed E-state index contributed by atoms with van der Waals surface area (Å²) in [6.07, 6.45) is 1.44. The predicted octanol–water partition coefficient (Wildman–Crippen LogP) is 3.03. The van der Waals surface area contributed by atoms with Crippen LogP contribution in [0.4, 0.5) is 5.69 Å². The highest BCUT2D eigenvalue weighted by Gasteiger charge is 2.15. The Kier molecular flexibility index (Phi) is 3.93. The highest BCUT2D eigenvalue weighted by molar-refractivity contribution is 5.99. The molecule has 100 valence electrons. The molecule has 1 N–H and O–H groups in total. The highest BCUT2D eigenvalue weighted by Crippen LogP contribution is 2.34. The summed E-state index contributed by atoms with van der Waals surface area (Å²) in [5, 5.41) is 9.26. The topological polar surface area (TPSA) is 76.0 Å². The van der Waals surface area contributed by atoms with Crippen LogP contribution in [0.15, 0.2) is 47.5 Å². The Labute approximate surface area is 115 Å². The molecule has 0 spiro atoms. The molecule has 0 atom stereocenters. The monoisotopic (exact) mass is 269 g/mol. The molecule has 0 aliphatic carbocycles. The third-order valence-electron chi connectivity index (χ3n) is 2.82. The lowest BCUT2D eigenvalue weighted by atomic mass is 9.97. The van der Waals surface area contributed by atoms with E-state index in [1.807, 2.05) is 0 Å². The van der Waals surface area contributed by atoms with E-state index in [9.17, 15) is 14.7 Å². The molecule has 2 aromatic rings. The molecule has 5 heteroatoms. The third kappa shape index (κ3) is 2.58. The SMILES string of the molecule is COc1ccc(-c2c(N=C=O)cccc2C(=O)O)cc1. The van der Waals surface area contributed by atoms with Crippen LogP contribution in [0.1, 0.15) is 10.4 Å². The summed E-state index contributed by atoms with van der Waals surface area (Å²) in [6, 6.07) is 11.4. The van der Waals surface area contributed by atoms with Crippen molar-refractivity contribution >= 4 is 17.7 Å². The molecule has 0 aliphatic heterocycles. The number of ether oxygens (including phenoxy) is 1. The van der Waals surface area contributed by atoms with Gasteiger partial charge in [0.2, 0.25) is 6.08 Å². The zero-order valence-electron chi connectivity index (χ0n) is 10.7. The van der Waals surface area contributed by atoms with Crippen molar-refractivity contribution in [1.82, 2.24) is 0 Å². The van der Waals surface area contributed by atoms with Crippen molar-refractivity contribution in [1.29, 1.82) is 0 Å². The molecule has 0 heterocycles. The van der Waals surface area contributed by atoms with Gasteiger partial charge >= 0.3 is 5.97 Å². The number of carbonyl (C=O) groups is 1. The number of rotatable bonds is 4. The van der Waals surface area contributed by atoms with E-state index in [1.165, 1.54) is 18.2 Å². The van der Waals surface area contributed by atoms with Crippen LogP contribution in [0, 0.1) is 0 Å². The van der Waals surface area contributed by atoms with Crippen LogP contribution in [0.3, 0.4) is 0 Å². The van der Waals surface area contributed by atoms with Gasteiger partial charge in [0.15, 0.2) is 0 Å². The summed E-state index contributed by atoms with van der Waals surface area (Å²) in [5.74, 6) is -0.430. The Balaban J connectivity index is 2.68.